The van der Waals surface area contributed by atoms with Gasteiger partial charge in [-0.05, 0) is 23.6 Å². The molecule has 1 aromatic carbocycles. The van der Waals surface area contributed by atoms with Crippen LogP contribution in [0.4, 0.5) is 4.79 Å². The van der Waals surface area contributed by atoms with Gasteiger partial charge in [-0.25, -0.2) is 4.79 Å². The molecular formula is C18H21NO4S. The van der Waals surface area contributed by atoms with Gasteiger partial charge in [0.25, 0.3) is 0 Å². The summed E-state index contributed by atoms with van der Waals surface area (Å²) in [4.78, 5) is 15.5. The molecule has 0 amide bonds. The normalized spacial score (nSPS) is 16.5. The molecule has 1 aliphatic heterocycles. The molecule has 1 aliphatic rings. The van der Waals surface area contributed by atoms with Crippen molar-refractivity contribution >= 4 is 17.5 Å². The van der Waals surface area contributed by atoms with Gasteiger partial charge in [-0.2, -0.15) is 0 Å². The van der Waals surface area contributed by atoms with E-state index in [4.69, 9.17) is 14.2 Å². The van der Waals surface area contributed by atoms with Crippen LogP contribution in [-0.2, 0) is 9.47 Å². The summed E-state index contributed by atoms with van der Waals surface area (Å²) >= 11 is 1.59. The number of para-hydroxylation sites is 1. The van der Waals surface area contributed by atoms with Crippen LogP contribution in [0.15, 0.2) is 47.8 Å². The zero-order chi connectivity index (χ0) is 16.6. The molecule has 3 rings (SSSR count). The van der Waals surface area contributed by atoms with Gasteiger partial charge in [0, 0.05) is 30.9 Å². The number of nitrogens with zero attached hydrogens (tertiary/aromatic N) is 1. The minimum atomic E-state index is -0.665. The molecule has 1 aromatic heterocycles. The maximum atomic E-state index is 12.1. The first-order valence-electron chi connectivity index (χ1n) is 8.08. The highest BCUT2D eigenvalue weighted by atomic mass is 32.1. The van der Waals surface area contributed by atoms with E-state index in [0.29, 0.717) is 5.75 Å². The largest absolute Gasteiger partial charge is 0.514 e. The van der Waals surface area contributed by atoms with E-state index in [2.05, 4.69) is 4.90 Å². The first kappa shape index (κ1) is 17.0. The smallest absolute Gasteiger partial charge is 0.425 e. The molecule has 2 aromatic rings. The molecular weight excluding hydrogens is 326 g/mol. The Hall–Kier alpha value is -1.89. The summed E-state index contributed by atoms with van der Waals surface area (Å²) in [7, 11) is 0. The molecule has 128 valence electrons. The molecule has 0 saturated carbocycles. The van der Waals surface area contributed by atoms with Crippen molar-refractivity contribution in [2.24, 2.45) is 0 Å². The Labute approximate surface area is 145 Å². The van der Waals surface area contributed by atoms with Crippen LogP contribution in [-0.4, -0.2) is 43.9 Å². The summed E-state index contributed by atoms with van der Waals surface area (Å²) < 4.78 is 16.2. The number of carbonyl (C=O) groups is 1. The van der Waals surface area contributed by atoms with E-state index in [9.17, 15) is 4.79 Å². The fourth-order valence-electron chi connectivity index (χ4n) is 2.58. The summed E-state index contributed by atoms with van der Waals surface area (Å²) in [6.45, 7) is 4.24. The second-order valence-electron chi connectivity index (χ2n) is 5.53. The second kappa shape index (κ2) is 8.82. The second-order valence-corrected chi connectivity index (χ2v) is 6.51. The molecule has 0 aliphatic carbocycles. The maximum absolute atomic E-state index is 12.1. The third-order valence-electron chi connectivity index (χ3n) is 3.85. The van der Waals surface area contributed by atoms with E-state index in [-0.39, 0.29) is 6.10 Å². The van der Waals surface area contributed by atoms with E-state index in [0.717, 1.165) is 44.1 Å². The van der Waals surface area contributed by atoms with Crippen molar-refractivity contribution in [3.8, 4) is 5.75 Å². The number of thiophene rings is 1. The van der Waals surface area contributed by atoms with Gasteiger partial charge in [0.15, 0.2) is 0 Å². The average Bonchev–Trinajstić information content (AvgIpc) is 3.15. The third-order valence-corrected chi connectivity index (χ3v) is 4.82. The predicted molar refractivity (Wildman–Crippen MR) is 92.5 cm³/mol. The Kier molecular flexibility index (Phi) is 6.23. The molecule has 0 spiro atoms. The van der Waals surface area contributed by atoms with Crippen LogP contribution in [0, 0.1) is 0 Å². The SMILES string of the molecule is O=C(Oc1ccccc1)OC(CCN1CCOCC1)c1cccs1. The monoisotopic (exact) mass is 347 g/mol. The molecule has 0 radical (unpaired) electrons. The molecule has 1 unspecified atom stereocenters. The maximum Gasteiger partial charge on any atom is 0.514 e. The molecule has 1 saturated heterocycles. The van der Waals surface area contributed by atoms with Gasteiger partial charge in [0.2, 0.25) is 0 Å². The lowest BCUT2D eigenvalue weighted by Gasteiger charge is -2.28. The van der Waals surface area contributed by atoms with Crippen molar-refractivity contribution in [1.29, 1.82) is 0 Å². The first-order chi connectivity index (χ1) is 11.8. The Balaban J connectivity index is 1.56. The molecule has 1 fully saturated rings. The van der Waals surface area contributed by atoms with Crippen LogP contribution >= 0.6 is 11.3 Å². The summed E-state index contributed by atoms with van der Waals surface area (Å²) in [5.74, 6) is 0.487. The first-order valence-corrected chi connectivity index (χ1v) is 8.96. The van der Waals surface area contributed by atoms with Gasteiger partial charge >= 0.3 is 6.16 Å². The Bertz CT molecular complexity index is 611. The number of benzene rings is 1. The van der Waals surface area contributed by atoms with E-state index in [1.807, 2.05) is 35.7 Å². The van der Waals surface area contributed by atoms with Crippen molar-refractivity contribution in [2.45, 2.75) is 12.5 Å². The average molecular weight is 347 g/mol. The summed E-state index contributed by atoms with van der Waals surface area (Å²) in [6, 6.07) is 12.9. The van der Waals surface area contributed by atoms with Gasteiger partial charge in [-0.1, -0.05) is 24.3 Å². The highest BCUT2D eigenvalue weighted by Crippen LogP contribution is 2.27. The molecule has 6 heteroatoms. The topological polar surface area (TPSA) is 48.0 Å². The molecule has 24 heavy (non-hydrogen) atoms. The lowest BCUT2D eigenvalue weighted by Crippen LogP contribution is -2.37. The van der Waals surface area contributed by atoms with E-state index in [1.165, 1.54) is 0 Å². The molecule has 1 atom stereocenters. The van der Waals surface area contributed by atoms with E-state index in [1.54, 1.807) is 23.5 Å². The zero-order valence-electron chi connectivity index (χ0n) is 13.4. The highest BCUT2D eigenvalue weighted by molar-refractivity contribution is 7.10. The highest BCUT2D eigenvalue weighted by Gasteiger charge is 2.21. The van der Waals surface area contributed by atoms with E-state index >= 15 is 0 Å². The Morgan fingerprint density at radius 1 is 1.17 bits per heavy atom. The van der Waals surface area contributed by atoms with Crippen LogP contribution in [0.3, 0.4) is 0 Å². The number of carbonyl (C=O) groups excluding carboxylic acids is 1. The number of hydrogen-bond acceptors (Lipinski definition) is 6. The van der Waals surface area contributed by atoms with Gasteiger partial charge in [0.05, 0.1) is 13.2 Å². The number of ether oxygens (including phenoxy) is 3. The van der Waals surface area contributed by atoms with E-state index < -0.39 is 6.16 Å². The van der Waals surface area contributed by atoms with Crippen LogP contribution < -0.4 is 4.74 Å². The van der Waals surface area contributed by atoms with Crippen molar-refractivity contribution < 1.29 is 19.0 Å². The predicted octanol–water partition coefficient (Wildman–Crippen LogP) is 3.73. The number of hydrogen-bond donors (Lipinski definition) is 0. The Morgan fingerprint density at radius 2 is 1.96 bits per heavy atom. The van der Waals surface area contributed by atoms with Crippen LogP contribution in [0.1, 0.15) is 17.4 Å². The van der Waals surface area contributed by atoms with Crippen molar-refractivity contribution in [3.05, 3.63) is 52.7 Å². The summed E-state index contributed by atoms with van der Waals surface area (Å²) in [5.41, 5.74) is 0. The minimum absolute atomic E-state index is 0.288. The van der Waals surface area contributed by atoms with Crippen LogP contribution in [0.25, 0.3) is 0 Å². The molecule has 5 nitrogen and oxygen atoms in total. The standard InChI is InChI=1S/C18H21NO4S/c20-18(22-15-5-2-1-3-6-15)23-16(17-7-4-14-24-17)8-9-19-10-12-21-13-11-19/h1-7,14,16H,8-13H2. The molecule has 0 N–H and O–H groups in total. The summed E-state index contributed by atoms with van der Waals surface area (Å²) in [5, 5.41) is 1.99. The Morgan fingerprint density at radius 3 is 2.67 bits per heavy atom. The van der Waals surface area contributed by atoms with Crippen LogP contribution in [0.2, 0.25) is 0 Å². The van der Waals surface area contributed by atoms with Crippen molar-refractivity contribution in [2.75, 3.05) is 32.8 Å². The lowest BCUT2D eigenvalue weighted by atomic mass is 10.2. The van der Waals surface area contributed by atoms with Gasteiger partial charge in [0.1, 0.15) is 11.9 Å². The van der Waals surface area contributed by atoms with Crippen molar-refractivity contribution in [3.63, 3.8) is 0 Å². The van der Waals surface area contributed by atoms with Crippen LogP contribution in [0.5, 0.6) is 5.75 Å². The lowest BCUT2D eigenvalue weighted by molar-refractivity contribution is 0.0206. The third kappa shape index (κ3) is 5.06. The minimum Gasteiger partial charge on any atom is -0.425 e. The van der Waals surface area contributed by atoms with Gasteiger partial charge in [-0.3, -0.25) is 4.90 Å². The zero-order valence-corrected chi connectivity index (χ0v) is 14.2. The fourth-order valence-corrected chi connectivity index (χ4v) is 3.37. The van der Waals surface area contributed by atoms with Gasteiger partial charge < -0.3 is 14.2 Å². The number of morpholine rings is 1. The molecule has 0 bridgehead atoms. The quantitative estimate of drug-likeness (QED) is 0.589. The van der Waals surface area contributed by atoms with Gasteiger partial charge in [-0.15, -0.1) is 11.3 Å². The number of rotatable bonds is 6. The molecule has 2 heterocycles. The van der Waals surface area contributed by atoms with Crippen molar-refractivity contribution in [1.82, 2.24) is 4.90 Å². The summed E-state index contributed by atoms with van der Waals surface area (Å²) in [6.07, 6.45) is -0.213. The fraction of sp³-hybridized carbons (Fsp3) is 0.389.